The molecule has 0 bridgehead atoms. The molecule has 0 heterocycles. The molecule has 1 aromatic carbocycles. The van der Waals surface area contributed by atoms with Crippen LogP contribution in [0.4, 0.5) is 8.78 Å². The van der Waals surface area contributed by atoms with Gasteiger partial charge in [0.2, 0.25) is 0 Å². The molecule has 0 N–H and O–H groups in total. The van der Waals surface area contributed by atoms with Crippen LogP contribution >= 0.6 is 34.8 Å². The van der Waals surface area contributed by atoms with E-state index in [0.29, 0.717) is 0 Å². The summed E-state index contributed by atoms with van der Waals surface area (Å²) >= 11 is 16.7. The summed E-state index contributed by atoms with van der Waals surface area (Å²) in [5.74, 6) is -1.19. The number of ether oxygens (including phenoxy) is 1. The van der Waals surface area contributed by atoms with Gasteiger partial charge in [0.25, 0.3) is 0 Å². The molecule has 0 atom stereocenters. The highest BCUT2D eigenvalue weighted by atomic mass is 35.5. The van der Waals surface area contributed by atoms with Crippen molar-refractivity contribution >= 4 is 40.6 Å². The Morgan fingerprint density at radius 3 is 2.50 bits per heavy atom. The molecule has 88 valence electrons. The van der Waals surface area contributed by atoms with Gasteiger partial charge in [-0.3, -0.25) is 4.79 Å². The van der Waals surface area contributed by atoms with Crippen molar-refractivity contribution in [2.45, 2.75) is 6.61 Å². The SMILES string of the molecule is O=C(CCl)c1cc(Cl)cc(OC(F)F)c1Cl. The Bertz CT molecular complexity index is 410. The largest absolute Gasteiger partial charge is 0.433 e. The van der Waals surface area contributed by atoms with Crippen molar-refractivity contribution in [2.75, 3.05) is 5.88 Å². The van der Waals surface area contributed by atoms with E-state index in [4.69, 9.17) is 34.8 Å². The van der Waals surface area contributed by atoms with Gasteiger partial charge < -0.3 is 4.74 Å². The zero-order chi connectivity index (χ0) is 12.3. The maximum atomic E-state index is 12.0. The fraction of sp³-hybridized carbons (Fsp3) is 0.222. The quantitative estimate of drug-likeness (QED) is 0.618. The second kappa shape index (κ2) is 5.66. The van der Waals surface area contributed by atoms with Crippen molar-refractivity contribution in [2.24, 2.45) is 0 Å². The number of carbonyl (C=O) groups is 1. The molecular formula is C9H5Cl3F2O2. The maximum absolute atomic E-state index is 12.0. The Balaban J connectivity index is 3.20. The van der Waals surface area contributed by atoms with E-state index in [2.05, 4.69) is 4.74 Å². The minimum Gasteiger partial charge on any atom is -0.433 e. The van der Waals surface area contributed by atoms with E-state index < -0.39 is 12.4 Å². The fourth-order valence-electron chi connectivity index (χ4n) is 1.02. The Morgan fingerprint density at radius 1 is 1.38 bits per heavy atom. The second-order valence-electron chi connectivity index (χ2n) is 2.70. The number of Topliss-reactive ketones (excluding diaryl/α,β-unsaturated/α-hetero) is 1. The van der Waals surface area contributed by atoms with Crippen LogP contribution in [0.1, 0.15) is 10.4 Å². The predicted molar refractivity (Wildman–Crippen MR) is 58.1 cm³/mol. The third kappa shape index (κ3) is 3.20. The zero-order valence-corrected chi connectivity index (χ0v) is 9.91. The van der Waals surface area contributed by atoms with Crippen LogP contribution < -0.4 is 4.74 Å². The highest BCUT2D eigenvalue weighted by Gasteiger charge is 2.17. The second-order valence-corrected chi connectivity index (χ2v) is 3.78. The molecule has 0 saturated carbocycles. The summed E-state index contributed by atoms with van der Waals surface area (Å²) < 4.78 is 28.1. The highest BCUT2D eigenvalue weighted by Crippen LogP contribution is 2.33. The van der Waals surface area contributed by atoms with Crippen LogP contribution in [-0.4, -0.2) is 18.3 Å². The Kier molecular flexibility index (Phi) is 4.77. The third-order valence-electron chi connectivity index (χ3n) is 1.64. The van der Waals surface area contributed by atoms with Gasteiger partial charge in [-0.15, -0.1) is 11.6 Å². The number of rotatable bonds is 4. The van der Waals surface area contributed by atoms with Gasteiger partial charge >= 0.3 is 6.61 Å². The molecule has 0 aliphatic carbocycles. The minimum atomic E-state index is -3.05. The van der Waals surface area contributed by atoms with Crippen molar-refractivity contribution in [3.05, 3.63) is 27.7 Å². The van der Waals surface area contributed by atoms with Crippen LogP contribution in [0.3, 0.4) is 0 Å². The van der Waals surface area contributed by atoms with E-state index in [9.17, 15) is 13.6 Å². The molecule has 0 aromatic heterocycles. The predicted octanol–water partition coefficient (Wildman–Crippen LogP) is 4.02. The first kappa shape index (κ1) is 13.5. The Morgan fingerprint density at radius 2 is 2.00 bits per heavy atom. The van der Waals surface area contributed by atoms with Gasteiger partial charge in [0.15, 0.2) is 5.78 Å². The van der Waals surface area contributed by atoms with E-state index in [-0.39, 0.29) is 27.2 Å². The lowest BCUT2D eigenvalue weighted by Crippen LogP contribution is -2.06. The molecule has 0 aliphatic heterocycles. The first-order valence-electron chi connectivity index (χ1n) is 3.98. The number of alkyl halides is 3. The molecule has 2 nitrogen and oxygen atoms in total. The molecule has 16 heavy (non-hydrogen) atoms. The molecular weight excluding hydrogens is 284 g/mol. The van der Waals surface area contributed by atoms with E-state index in [0.717, 1.165) is 6.07 Å². The van der Waals surface area contributed by atoms with Gasteiger partial charge in [-0.1, -0.05) is 23.2 Å². The molecule has 0 amide bonds. The van der Waals surface area contributed by atoms with Crippen molar-refractivity contribution in [3.63, 3.8) is 0 Å². The Labute approximate surface area is 105 Å². The topological polar surface area (TPSA) is 26.3 Å². The van der Waals surface area contributed by atoms with Gasteiger partial charge in [-0.05, 0) is 6.07 Å². The van der Waals surface area contributed by atoms with Crippen molar-refractivity contribution < 1.29 is 18.3 Å². The van der Waals surface area contributed by atoms with Gasteiger partial charge in [-0.2, -0.15) is 8.78 Å². The van der Waals surface area contributed by atoms with Crippen LogP contribution in [0, 0.1) is 0 Å². The summed E-state index contributed by atoms with van der Waals surface area (Å²) in [6, 6.07) is 2.34. The summed E-state index contributed by atoms with van der Waals surface area (Å²) in [7, 11) is 0. The van der Waals surface area contributed by atoms with Gasteiger partial charge in [0.05, 0.1) is 10.9 Å². The van der Waals surface area contributed by atoms with Gasteiger partial charge in [0, 0.05) is 16.7 Å². The van der Waals surface area contributed by atoms with Crippen LogP contribution in [0.5, 0.6) is 5.75 Å². The molecule has 0 unspecified atom stereocenters. The number of halogens is 5. The maximum Gasteiger partial charge on any atom is 0.387 e. The van der Waals surface area contributed by atoms with Gasteiger partial charge in [0.1, 0.15) is 5.75 Å². The van der Waals surface area contributed by atoms with Crippen LogP contribution in [0.15, 0.2) is 12.1 Å². The molecule has 7 heteroatoms. The lowest BCUT2D eigenvalue weighted by molar-refractivity contribution is -0.0498. The number of ketones is 1. The highest BCUT2D eigenvalue weighted by molar-refractivity contribution is 6.39. The minimum absolute atomic E-state index is 0.0418. The van der Waals surface area contributed by atoms with Crippen LogP contribution in [0.2, 0.25) is 10.0 Å². The fourth-order valence-corrected chi connectivity index (χ4v) is 1.63. The number of benzene rings is 1. The molecule has 0 saturated heterocycles. The van der Waals surface area contributed by atoms with E-state index in [1.807, 2.05) is 0 Å². The standard InChI is InChI=1S/C9H5Cl3F2O2/c10-3-6(15)5-1-4(11)2-7(8(5)12)16-9(13)14/h1-2,9H,3H2. The summed E-state index contributed by atoms with van der Waals surface area (Å²) in [4.78, 5) is 11.3. The number of carbonyl (C=O) groups excluding carboxylic acids is 1. The number of hydrogen-bond acceptors (Lipinski definition) is 2. The summed E-state index contributed by atoms with van der Waals surface area (Å²) in [6.07, 6.45) is 0. The third-order valence-corrected chi connectivity index (χ3v) is 2.49. The Hall–Kier alpha value is -0.580. The van der Waals surface area contributed by atoms with Crippen molar-refractivity contribution in [1.29, 1.82) is 0 Å². The smallest absolute Gasteiger partial charge is 0.387 e. The van der Waals surface area contributed by atoms with Gasteiger partial charge in [-0.25, -0.2) is 0 Å². The first-order valence-corrected chi connectivity index (χ1v) is 5.27. The van der Waals surface area contributed by atoms with E-state index >= 15 is 0 Å². The lowest BCUT2D eigenvalue weighted by Gasteiger charge is -2.10. The van der Waals surface area contributed by atoms with E-state index in [1.165, 1.54) is 6.07 Å². The summed E-state index contributed by atoms with van der Waals surface area (Å²) in [5.41, 5.74) is -0.0418. The molecule has 0 spiro atoms. The average Bonchev–Trinajstić information content (AvgIpc) is 2.21. The van der Waals surface area contributed by atoms with Crippen molar-refractivity contribution in [3.8, 4) is 5.75 Å². The van der Waals surface area contributed by atoms with Crippen molar-refractivity contribution in [1.82, 2.24) is 0 Å². The zero-order valence-electron chi connectivity index (χ0n) is 7.65. The number of hydrogen-bond donors (Lipinski definition) is 0. The molecule has 0 fully saturated rings. The summed E-state index contributed by atoms with van der Waals surface area (Å²) in [5, 5.41) is -0.163. The monoisotopic (exact) mass is 288 g/mol. The normalized spacial score (nSPS) is 10.6. The molecule has 1 rings (SSSR count). The lowest BCUT2D eigenvalue weighted by atomic mass is 10.1. The van der Waals surface area contributed by atoms with E-state index in [1.54, 1.807) is 0 Å². The summed E-state index contributed by atoms with van der Waals surface area (Å²) in [6.45, 7) is -3.05. The molecule has 0 radical (unpaired) electrons. The first-order chi connectivity index (χ1) is 7.45. The van der Waals surface area contributed by atoms with Crippen LogP contribution in [-0.2, 0) is 0 Å². The van der Waals surface area contributed by atoms with Crippen LogP contribution in [0.25, 0.3) is 0 Å². The molecule has 0 aliphatic rings. The average molecular weight is 289 g/mol. The molecule has 1 aromatic rings.